The molecule has 1 aromatic heterocycles. The van der Waals surface area contributed by atoms with Gasteiger partial charge in [0.25, 0.3) is 0 Å². The maximum absolute atomic E-state index is 5.43. The highest BCUT2D eigenvalue weighted by molar-refractivity contribution is 5.37. The van der Waals surface area contributed by atoms with Gasteiger partial charge in [-0.05, 0) is 44.0 Å². The summed E-state index contributed by atoms with van der Waals surface area (Å²) >= 11 is 0. The second-order valence-corrected chi connectivity index (χ2v) is 4.88. The predicted molar refractivity (Wildman–Crippen MR) is 74.6 cm³/mol. The van der Waals surface area contributed by atoms with Crippen molar-refractivity contribution in [2.24, 2.45) is 0 Å². The summed E-state index contributed by atoms with van der Waals surface area (Å²) in [5.41, 5.74) is 2.28. The molecule has 1 aliphatic carbocycles. The zero-order chi connectivity index (χ0) is 13.1. The summed E-state index contributed by atoms with van der Waals surface area (Å²) in [4.78, 5) is 0. The second kappa shape index (κ2) is 5.45. The zero-order valence-corrected chi connectivity index (χ0v) is 11.2. The van der Waals surface area contributed by atoms with Crippen LogP contribution < -0.4 is 10.1 Å². The van der Waals surface area contributed by atoms with Crippen LogP contribution in [0.1, 0.15) is 25.3 Å². The van der Waals surface area contributed by atoms with E-state index in [2.05, 4.69) is 16.6 Å². The van der Waals surface area contributed by atoms with Crippen molar-refractivity contribution < 1.29 is 4.74 Å². The first-order valence-corrected chi connectivity index (χ1v) is 6.85. The first-order valence-electron chi connectivity index (χ1n) is 6.85. The van der Waals surface area contributed by atoms with E-state index in [1.54, 1.807) is 0 Å². The van der Waals surface area contributed by atoms with Crippen LogP contribution in [0, 0.1) is 0 Å². The summed E-state index contributed by atoms with van der Waals surface area (Å²) in [5.74, 6) is 0.897. The van der Waals surface area contributed by atoms with Gasteiger partial charge < -0.3 is 10.1 Å². The Morgan fingerprint density at radius 2 is 2.11 bits per heavy atom. The Bertz CT molecular complexity index is 529. The van der Waals surface area contributed by atoms with E-state index in [1.807, 2.05) is 42.1 Å². The Balaban J connectivity index is 1.66. The molecule has 0 unspecified atom stereocenters. The minimum absolute atomic E-state index is 0.693. The quantitative estimate of drug-likeness (QED) is 0.864. The molecule has 4 nitrogen and oxygen atoms in total. The molecule has 2 aromatic rings. The summed E-state index contributed by atoms with van der Waals surface area (Å²) in [6, 6.07) is 8.73. The van der Waals surface area contributed by atoms with E-state index in [0.29, 0.717) is 6.61 Å². The summed E-state index contributed by atoms with van der Waals surface area (Å²) in [5, 5.41) is 7.89. The first-order chi connectivity index (χ1) is 9.35. The summed E-state index contributed by atoms with van der Waals surface area (Å²) in [7, 11) is 0. The minimum Gasteiger partial charge on any atom is -0.494 e. The second-order valence-electron chi connectivity index (χ2n) is 4.88. The topological polar surface area (TPSA) is 39.1 Å². The highest BCUT2D eigenvalue weighted by Crippen LogP contribution is 2.19. The summed E-state index contributed by atoms with van der Waals surface area (Å²) in [6.07, 6.45) is 6.62. The van der Waals surface area contributed by atoms with E-state index in [0.717, 1.165) is 24.0 Å². The fourth-order valence-corrected chi connectivity index (χ4v) is 2.00. The third-order valence-electron chi connectivity index (χ3n) is 3.22. The van der Waals surface area contributed by atoms with E-state index in [-0.39, 0.29) is 0 Å². The Morgan fingerprint density at radius 1 is 1.32 bits per heavy atom. The Kier molecular flexibility index (Phi) is 3.51. The molecule has 1 saturated carbocycles. The van der Waals surface area contributed by atoms with Crippen molar-refractivity contribution in [3.63, 3.8) is 0 Å². The molecule has 1 heterocycles. The van der Waals surface area contributed by atoms with Gasteiger partial charge in [-0.2, -0.15) is 5.10 Å². The van der Waals surface area contributed by atoms with Crippen molar-refractivity contribution in [3.05, 3.63) is 42.2 Å². The lowest BCUT2D eigenvalue weighted by Crippen LogP contribution is -2.14. The lowest BCUT2D eigenvalue weighted by molar-refractivity contribution is 0.340. The van der Waals surface area contributed by atoms with Gasteiger partial charge >= 0.3 is 0 Å². The molecule has 19 heavy (non-hydrogen) atoms. The molecule has 0 radical (unpaired) electrons. The van der Waals surface area contributed by atoms with Crippen LogP contribution in [0.2, 0.25) is 0 Å². The molecule has 0 aliphatic heterocycles. The zero-order valence-electron chi connectivity index (χ0n) is 11.2. The molecule has 0 bridgehead atoms. The van der Waals surface area contributed by atoms with Gasteiger partial charge in [0.2, 0.25) is 0 Å². The number of hydrogen-bond acceptors (Lipinski definition) is 3. The van der Waals surface area contributed by atoms with Gasteiger partial charge in [0, 0.05) is 24.3 Å². The van der Waals surface area contributed by atoms with Crippen molar-refractivity contribution in [2.45, 2.75) is 32.4 Å². The Morgan fingerprint density at radius 3 is 2.79 bits per heavy atom. The molecule has 100 valence electrons. The number of nitrogens with one attached hydrogen (secondary N) is 1. The van der Waals surface area contributed by atoms with Crippen LogP contribution in [0.15, 0.2) is 36.7 Å². The number of nitrogens with zero attached hydrogens (tertiary/aromatic N) is 2. The third-order valence-corrected chi connectivity index (χ3v) is 3.22. The monoisotopic (exact) mass is 257 g/mol. The molecule has 0 amide bonds. The van der Waals surface area contributed by atoms with E-state index in [4.69, 9.17) is 4.74 Å². The minimum atomic E-state index is 0.693. The maximum Gasteiger partial charge on any atom is 0.119 e. The third kappa shape index (κ3) is 3.15. The highest BCUT2D eigenvalue weighted by atomic mass is 16.5. The fraction of sp³-hybridized carbons (Fsp3) is 0.400. The molecule has 0 saturated heterocycles. The SMILES string of the molecule is CCOc1ccc(-n2cc(CNC3CC3)cn2)cc1. The summed E-state index contributed by atoms with van der Waals surface area (Å²) < 4.78 is 7.34. The van der Waals surface area contributed by atoms with Gasteiger partial charge in [-0.15, -0.1) is 0 Å². The van der Waals surface area contributed by atoms with Crippen molar-refractivity contribution in [1.29, 1.82) is 0 Å². The maximum atomic E-state index is 5.43. The molecule has 1 aliphatic rings. The number of benzene rings is 1. The Hall–Kier alpha value is -1.81. The van der Waals surface area contributed by atoms with E-state index in [9.17, 15) is 0 Å². The number of hydrogen-bond donors (Lipinski definition) is 1. The highest BCUT2D eigenvalue weighted by Gasteiger charge is 2.20. The molecule has 1 N–H and O–H groups in total. The van der Waals surface area contributed by atoms with E-state index >= 15 is 0 Å². The Labute approximate surface area is 113 Å². The van der Waals surface area contributed by atoms with Gasteiger partial charge in [0.1, 0.15) is 5.75 Å². The number of ether oxygens (including phenoxy) is 1. The fourth-order valence-electron chi connectivity index (χ4n) is 2.00. The van der Waals surface area contributed by atoms with Crippen LogP contribution in [0.3, 0.4) is 0 Å². The lowest BCUT2D eigenvalue weighted by Gasteiger charge is -2.04. The van der Waals surface area contributed by atoms with E-state index in [1.165, 1.54) is 18.4 Å². The predicted octanol–water partition coefficient (Wildman–Crippen LogP) is 2.52. The standard InChI is InChI=1S/C15H19N3O/c1-2-19-15-7-5-14(6-8-15)18-11-12(10-17-18)9-16-13-3-4-13/h5-8,10-11,13,16H,2-4,9H2,1H3. The molecule has 0 atom stereocenters. The van der Waals surface area contributed by atoms with E-state index < -0.39 is 0 Å². The normalized spacial score (nSPS) is 14.6. The molecule has 1 aromatic carbocycles. The molecule has 3 rings (SSSR count). The van der Waals surface area contributed by atoms with Gasteiger partial charge in [0.15, 0.2) is 0 Å². The first kappa shape index (κ1) is 12.2. The van der Waals surface area contributed by atoms with Crippen molar-refractivity contribution in [3.8, 4) is 11.4 Å². The molecule has 0 spiro atoms. The van der Waals surface area contributed by atoms with Gasteiger partial charge in [0.05, 0.1) is 18.5 Å². The van der Waals surface area contributed by atoms with Gasteiger partial charge in [-0.1, -0.05) is 0 Å². The van der Waals surface area contributed by atoms with Crippen LogP contribution in [-0.2, 0) is 6.54 Å². The average molecular weight is 257 g/mol. The number of aromatic nitrogens is 2. The lowest BCUT2D eigenvalue weighted by atomic mass is 10.3. The van der Waals surface area contributed by atoms with Gasteiger partial charge in [-0.3, -0.25) is 0 Å². The van der Waals surface area contributed by atoms with Crippen molar-refractivity contribution in [1.82, 2.24) is 15.1 Å². The molecular formula is C15H19N3O. The van der Waals surface area contributed by atoms with Crippen LogP contribution in [0.5, 0.6) is 5.75 Å². The molecular weight excluding hydrogens is 238 g/mol. The van der Waals surface area contributed by atoms with Crippen molar-refractivity contribution >= 4 is 0 Å². The molecule has 4 heteroatoms. The van der Waals surface area contributed by atoms with Crippen LogP contribution in [0.25, 0.3) is 5.69 Å². The van der Waals surface area contributed by atoms with Crippen LogP contribution >= 0.6 is 0 Å². The van der Waals surface area contributed by atoms with Crippen LogP contribution in [-0.4, -0.2) is 22.4 Å². The van der Waals surface area contributed by atoms with Crippen molar-refractivity contribution in [2.75, 3.05) is 6.61 Å². The smallest absolute Gasteiger partial charge is 0.119 e. The van der Waals surface area contributed by atoms with Gasteiger partial charge in [-0.25, -0.2) is 4.68 Å². The summed E-state index contributed by atoms with van der Waals surface area (Å²) in [6.45, 7) is 3.58. The average Bonchev–Trinajstić information content (AvgIpc) is 3.15. The van der Waals surface area contributed by atoms with Crippen LogP contribution in [0.4, 0.5) is 0 Å². The number of rotatable bonds is 6. The molecule has 1 fully saturated rings. The largest absolute Gasteiger partial charge is 0.494 e.